The van der Waals surface area contributed by atoms with E-state index in [0.717, 1.165) is 40.4 Å². The minimum atomic E-state index is -0.569. The average Bonchev–Trinajstić information content (AvgIpc) is 3.03. The molecule has 0 saturated carbocycles. The number of hydrogen-bond donors (Lipinski definition) is 1. The molecule has 0 bridgehead atoms. The summed E-state index contributed by atoms with van der Waals surface area (Å²) in [5.74, 6) is 2.54. The second kappa shape index (κ2) is 13.1. The molecule has 2 aliphatic rings. The molecule has 0 spiro atoms. The normalized spacial score (nSPS) is 16.6. The zero-order chi connectivity index (χ0) is 31.4. The van der Waals surface area contributed by atoms with Crippen molar-refractivity contribution in [3.8, 4) is 17.3 Å². The maximum Gasteiger partial charge on any atom is 0.410 e. The van der Waals surface area contributed by atoms with Crippen molar-refractivity contribution in [1.29, 1.82) is 0 Å². The highest BCUT2D eigenvalue weighted by atomic mass is 16.6. The maximum atomic E-state index is 12.9. The number of hydrogen-bond acceptors (Lipinski definition) is 10. The van der Waals surface area contributed by atoms with Gasteiger partial charge in [-0.25, -0.2) is 14.8 Å². The van der Waals surface area contributed by atoms with Gasteiger partial charge in [-0.15, -0.1) is 0 Å². The fraction of sp³-hybridized carbons (Fsp3) is 0.382. The molecule has 4 heterocycles. The molecule has 2 aliphatic heterocycles. The summed E-state index contributed by atoms with van der Waals surface area (Å²) >= 11 is 0. The molecule has 45 heavy (non-hydrogen) atoms. The van der Waals surface area contributed by atoms with E-state index in [-0.39, 0.29) is 12.1 Å². The molecule has 1 amide bonds. The number of nitrogens with zero attached hydrogens (tertiary/aromatic N) is 6. The van der Waals surface area contributed by atoms with E-state index in [2.05, 4.69) is 27.1 Å². The zero-order valence-corrected chi connectivity index (χ0v) is 26.2. The lowest BCUT2D eigenvalue weighted by atomic mass is 10.0. The fourth-order valence-corrected chi connectivity index (χ4v) is 5.36. The Balaban J connectivity index is 1.22. The predicted octanol–water partition coefficient (Wildman–Crippen LogP) is 5.77. The third kappa shape index (κ3) is 7.49. The first-order valence-electron chi connectivity index (χ1n) is 15.3. The Morgan fingerprint density at radius 2 is 1.82 bits per heavy atom. The van der Waals surface area contributed by atoms with Crippen LogP contribution in [-0.2, 0) is 29.0 Å². The number of anilines is 3. The van der Waals surface area contributed by atoms with Gasteiger partial charge in [-0.2, -0.15) is 4.98 Å². The number of amides is 1. The number of morpholine rings is 1. The van der Waals surface area contributed by atoms with Crippen LogP contribution in [0.25, 0.3) is 11.4 Å². The Bertz CT molecular complexity index is 1630. The molecule has 1 fully saturated rings. The molecule has 2 aromatic carbocycles. The van der Waals surface area contributed by atoms with Gasteiger partial charge >= 0.3 is 6.09 Å². The number of ether oxygens (including phenoxy) is 3. The summed E-state index contributed by atoms with van der Waals surface area (Å²) in [5, 5.41) is 3.30. The average molecular weight is 610 g/mol. The molecule has 0 radical (unpaired) electrons. The van der Waals surface area contributed by atoms with E-state index in [4.69, 9.17) is 24.2 Å². The summed E-state index contributed by atoms with van der Waals surface area (Å²) in [6.45, 7) is 11.1. The largest absolute Gasteiger partial charge is 0.472 e. The van der Waals surface area contributed by atoms with Gasteiger partial charge in [-0.05, 0) is 63.9 Å². The Kier molecular flexibility index (Phi) is 8.79. The zero-order valence-electron chi connectivity index (χ0n) is 26.2. The van der Waals surface area contributed by atoms with Gasteiger partial charge in [0.15, 0.2) is 11.6 Å². The maximum absolute atomic E-state index is 12.9. The van der Waals surface area contributed by atoms with Crippen LogP contribution in [0.4, 0.5) is 22.1 Å². The van der Waals surface area contributed by atoms with Gasteiger partial charge in [0.2, 0.25) is 5.88 Å². The van der Waals surface area contributed by atoms with Crippen LogP contribution in [0.5, 0.6) is 5.88 Å². The lowest BCUT2D eigenvalue weighted by Gasteiger charge is -2.38. The molecule has 2 aromatic heterocycles. The van der Waals surface area contributed by atoms with Crippen molar-refractivity contribution >= 4 is 23.4 Å². The standard InChI is InChI=1S/C34H39N7O4/c1-23-21-43-17-16-41(23)32-27-14-15-40(33(42)45-34(2,3)4)20-28(27)37-31(39-32)25-10-12-26(13-11-25)36-29-18-35-19-30(38-29)44-22-24-8-6-5-7-9-24/h5-13,18-19,23H,14-17,20-22H2,1-4H3,(H,36,38)/t23-/m0/s1. The van der Waals surface area contributed by atoms with Crippen molar-refractivity contribution in [3.05, 3.63) is 83.8 Å². The topological polar surface area (TPSA) is 115 Å². The van der Waals surface area contributed by atoms with Crippen molar-refractivity contribution in [3.63, 3.8) is 0 Å². The highest BCUT2D eigenvalue weighted by Crippen LogP contribution is 2.32. The minimum Gasteiger partial charge on any atom is -0.472 e. The van der Waals surface area contributed by atoms with Crippen LogP contribution < -0.4 is 15.0 Å². The van der Waals surface area contributed by atoms with Crippen LogP contribution in [0, 0.1) is 0 Å². The molecule has 1 saturated heterocycles. The Morgan fingerprint density at radius 3 is 2.58 bits per heavy atom. The van der Waals surface area contributed by atoms with E-state index in [1.54, 1.807) is 17.3 Å². The molecule has 4 aromatic rings. The highest BCUT2D eigenvalue weighted by Gasteiger charge is 2.32. The number of nitrogens with one attached hydrogen (secondary N) is 1. The summed E-state index contributed by atoms with van der Waals surface area (Å²) in [6, 6.07) is 18.0. The first-order chi connectivity index (χ1) is 21.7. The third-order valence-electron chi connectivity index (χ3n) is 7.59. The van der Waals surface area contributed by atoms with Crippen LogP contribution in [-0.4, -0.2) is 68.9 Å². The number of carbonyl (C=O) groups is 1. The summed E-state index contributed by atoms with van der Waals surface area (Å²) in [6.07, 6.45) is 3.58. The van der Waals surface area contributed by atoms with Crippen molar-refractivity contribution in [2.45, 2.75) is 58.9 Å². The number of rotatable bonds is 7. The molecule has 11 nitrogen and oxygen atoms in total. The summed E-state index contributed by atoms with van der Waals surface area (Å²) in [7, 11) is 0. The van der Waals surface area contributed by atoms with Crippen molar-refractivity contribution in [2.24, 2.45) is 0 Å². The van der Waals surface area contributed by atoms with Gasteiger partial charge in [-0.1, -0.05) is 30.3 Å². The Hall–Kier alpha value is -4.77. The number of fused-ring (bicyclic) bond motifs is 1. The van der Waals surface area contributed by atoms with Crippen LogP contribution in [0.3, 0.4) is 0 Å². The van der Waals surface area contributed by atoms with Gasteiger partial charge < -0.3 is 29.3 Å². The second-order valence-electron chi connectivity index (χ2n) is 12.3. The lowest BCUT2D eigenvalue weighted by Crippen LogP contribution is -2.46. The van der Waals surface area contributed by atoms with Crippen LogP contribution in [0.1, 0.15) is 44.5 Å². The van der Waals surface area contributed by atoms with E-state index in [9.17, 15) is 4.79 Å². The van der Waals surface area contributed by atoms with Gasteiger partial charge in [0.25, 0.3) is 0 Å². The van der Waals surface area contributed by atoms with Crippen molar-refractivity contribution < 1.29 is 19.0 Å². The van der Waals surface area contributed by atoms with Crippen molar-refractivity contribution in [2.75, 3.05) is 36.5 Å². The highest BCUT2D eigenvalue weighted by molar-refractivity contribution is 5.70. The van der Waals surface area contributed by atoms with Gasteiger partial charge in [0.1, 0.15) is 18.0 Å². The first-order valence-corrected chi connectivity index (χ1v) is 15.3. The summed E-state index contributed by atoms with van der Waals surface area (Å²) < 4.78 is 17.2. The molecular weight excluding hydrogens is 570 g/mol. The number of benzene rings is 2. The first kappa shape index (κ1) is 30.3. The van der Waals surface area contributed by atoms with Gasteiger partial charge in [0, 0.05) is 29.9 Å². The van der Waals surface area contributed by atoms with E-state index in [1.807, 2.05) is 75.4 Å². The van der Waals surface area contributed by atoms with E-state index in [0.29, 0.717) is 56.9 Å². The van der Waals surface area contributed by atoms with Crippen molar-refractivity contribution in [1.82, 2.24) is 24.8 Å². The Labute approximate surface area is 263 Å². The molecule has 234 valence electrons. The molecule has 1 N–H and O–H groups in total. The molecule has 1 atom stereocenters. The fourth-order valence-electron chi connectivity index (χ4n) is 5.36. The lowest BCUT2D eigenvalue weighted by molar-refractivity contribution is 0.0220. The molecule has 11 heteroatoms. The van der Waals surface area contributed by atoms with E-state index in [1.165, 1.54) is 0 Å². The predicted molar refractivity (Wildman–Crippen MR) is 172 cm³/mol. The summed E-state index contributed by atoms with van der Waals surface area (Å²) in [4.78, 5) is 35.9. The third-order valence-corrected chi connectivity index (χ3v) is 7.59. The van der Waals surface area contributed by atoms with Gasteiger partial charge in [0.05, 0.1) is 43.9 Å². The Morgan fingerprint density at radius 1 is 1.02 bits per heavy atom. The van der Waals surface area contributed by atoms with Crippen LogP contribution >= 0.6 is 0 Å². The second-order valence-corrected chi connectivity index (χ2v) is 12.3. The summed E-state index contributed by atoms with van der Waals surface area (Å²) in [5.41, 5.74) is 4.12. The van der Waals surface area contributed by atoms with Crippen LogP contribution in [0.2, 0.25) is 0 Å². The SMILES string of the molecule is C[C@H]1COCCN1c1nc(-c2ccc(Nc3cncc(OCc4ccccc4)n3)cc2)nc2c1CCN(C(=O)OC(C)(C)C)C2. The van der Waals surface area contributed by atoms with E-state index >= 15 is 0 Å². The quantitative estimate of drug-likeness (QED) is 0.277. The van der Waals surface area contributed by atoms with Gasteiger partial charge in [-0.3, -0.25) is 4.98 Å². The molecule has 0 aliphatic carbocycles. The smallest absolute Gasteiger partial charge is 0.410 e. The monoisotopic (exact) mass is 609 g/mol. The number of aromatic nitrogens is 4. The molecule has 0 unspecified atom stereocenters. The molecular formula is C34H39N7O4. The molecule has 6 rings (SSSR count). The van der Waals surface area contributed by atoms with E-state index < -0.39 is 5.60 Å². The van der Waals surface area contributed by atoms with Crippen LogP contribution in [0.15, 0.2) is 67.0 Å². The minimum absolute atomic E-state index is 0.176. The number of carbonyl (C=O) groups excluding carboxylic acids is 1.